The molecule has 1 aromatic heterocycles. The quantitative estimate of drug-likeness (QED) is 0.342. The lowest BCUT2D eigenvalue weighted by atomic mass is 9.87. The minimum atomic E-state index is 0.151. The monoisotopic (exact) mass is 528 g/mol. The standard InChI is InChI=1S/C31H42N6.C2H6/c1-31(14-15-31)30-32-27-11-10-24(35(4)21-20-34(2)3)22-26(27)29(33-30)37-18-12-23(13-19-37)25-8-5-6-9-28(25)36-16-7-17-36;1-2/h5-6,8-11,22-23H,7,12-21H2,1-4H3;1-2H3. The molecule has 210 valence electrons. The van der Waals surface area contributed by atoms with E-state index in [2.05, 4.69) is 90.1 Å². The molecular weight excluding hydrogens is 480 g/mol. The van der Waals surface area contributed by atoms with Crippen LogP contribution < -0.4 is 14.7 Å². The number of para-hydroxylation sites is 1. The van der Waals surface area contributed by atoms with Gasteiger partial charge in [-0.1, -0.05) is 39.0 Å². The van der Waals surface area contributed by atoms with E-state index in [1.54, 1.807) is 5.56 Å². The fourth-order valence-electron chi connectivity index (χ4n) is 5.82. The zero-order chi connectivity index (χ0) is 27.6. The van der Waals surface area contributed by atoms with Crippen molar-refractivity contribution in [3.05, 3.63) is 53.9 Å². The van der Waals surface area contributed by atoms with E-state index in [1.165, 1.54) is 62.0 Å². The Kier molecular flexibility index (Phi) is 8.32. The number of anilines is 3. The van der Waals surface area contributed by atoms with Gasteiger partial charge in [0.15, 0.2) is 0 Å². The molecule has 6 nitrogen and oxygen atoms in total. The average molecular weight is 529 g/mol. The molecule has 3 aliphatic rings. The van der Waals surface area contributed by atoms with Gasteiger partial charge < -0.3 is 19.6 Å². The minimum Gasteiger partial charge on any atom is -0.373 e. The lowest BCUT2D eigenvalue weighted by Crippen LogP contribution is -2.39. The van der Waals surface area contributed by atoms with Crippen LogP contribution in [0, 0.1) is 0 Å². The van der Waals surface area contributed by atoms with Crippen LogP contribution in [0.4, 0.5) is 17.2 Å². The molecule has 39 heavy (non-hydrogen) atoms. The van der Waals surface area contributed by atoms with Gasteiger partial charge >= 0.3 is 0 Å². The van der Waals surface area contributed by atoms with Crippen LogP contribution in [0.3, 0.4) is 0 Å². The number of benzene rings is 2. The maximum atomic E-state index is 5.28. The van der Waals surface area contributed by atoms with Crippen LogP contribution in [0.2, 0.25) is 0 Å². The molecular formula is C33H48N6. The summed E-state index contributed by atoms with van der Waals surface area (Å²) in [6.07, 6.45) is 6.05. The molecule has 2 aromatic carbocycles. The third-order valence-electron chi connectivity index (χ3n) is 8.89. The Bertz CT molecular complexity index is 1250. The SMILES string of the molecule is CC.CN(C)CCN(C)c1ccc2nc(C3(C)CC3)nc(N3CCC(c4ccccc4N4CCC4)CC3)c2c1. The first-order valence-electron chi connectivity index (χ1n) is 15.2. The van der Waals surface area contributed by atoms with Crippen molar-refractivity contribution < 1.29 is 0 Å². The zero-order valence-corrected chi connectivity index (χ0v) is 25.1. The summed E-state index contributed by atoms with van der Waals surface area (Å²) in [5.74, 6) is 2.80. The van der Waals surface area contributed by atoms with Gasteiger partial charge in [0.1, 0.15) is 11.6 Å². The van der Waals surface area contributed by atoms with Crippen LogP contribution in [0.1, 0.15) is 70.2 Å². The molecule has 2 aliphatic heterocycles. The molecule has 3 aromatic rings. The van der Waals surface area contributed by atoms with Crippen LogP contribution in [0.15, 0.2) is 42.5 Å². The van der Waals surface area contributed by atoms with Gasteiger partial charge in [0.2, 0.25) is 0 Å². The summed E-state index contributed by atoms with van der Waals surface area (Å²) >= 11 is 0. The first-order chi connectivity index (χ1) is 18.9. The molecule has 6 heteroatoms. The Morgan fingerprint density at radius 1 is 0.872 bits per heavy atom. The van der Waals surface area contributed by atoms with Crippen molar-refractivity contribution in [2.75, 3.05) is 75.1 Å². The van der Waals surface area contributed by atoms with E-state index in [1.807, 2.05) is 13.8 Å². The Balaban J connectivity index is 0.00000151. The summed E-state index contributed by atoms with van der Waals surface area (Å²) in [7, 11) is 6.45. The maximum absolute atomic E-state index is 5.28. The molecule has 0 N–H and O–H groups in total. The Morgan fingerprint density at radius 3 is 2.23 bits per heavy atom. The van der Waals surface area contributed by atoms with Crippen molar-refractivity contribution in [3.8, 4) is 0 Å². The highest BCUT2D eigenvalue weighted by atomic mass is 15.2. The van der Waals surface area contributed by atoms with Gasteiger partial charge in [0.25, 0.3) is 0 Å². The second kappa shape index (κ2) is 11.7. The third kappa shape index (κ3) is 5.86. The van der Waals surface area contributed by atoms with Crippen LogP contribution in [-0.2, 0) is 5.41 Å². The first kappa shape index (κ1) is 27.7. The van der Waals surface area contributed by atoms with Gasteiger partial charge in [-0.2, -0.15) is 0 Å². The van der Waals surface area contributed by atoms with Gasteiger partial charge in [0, 0.05) is 68.5 Å². The molecule has 3 fully saturated rings. The summed E-state index contributed by atoms with van der Waals surface area (Å²) in [6, 6.07) is 15.9. The molecule has 6 rings (SSSR count). The van der Waals surface area contributed by atoms with E-state index in [0.29, 0.717) is 5.92 Å². The normalized spacial score (nSPS) is 18.5. The summed E-state index contributed by atoms with van der Waals surface area (Å²) in [4.78, 5) is 20.0. The largest absolute Gasteiger partial charge is 0.373 e. The van der Waals surface area contributed by atoms with Gasteiger partial charge in [-0.3, -0.25) is 0 Å². The van der Waals surface area contributed by atoms with Crippen LogP contribution >= 0.6 is 0 Å². The highest BCUT2D eigenvalue weighted by molar-refractivity contribution is 5.92. The Morgan fingerprint density at radius 2 is 1.59 bits per heavy atom. The number of hydrogen-bond acceptors (Lipinski definition) is 6. The number of hydrogen-bond donors (Lipinski definition) is 0. The third-order valence-corrected chi connectivity index (χ3v) is 8.89. The Labute approximate surface area is 236 Å². The van der Waals surface area contributed by atoms with Crippen molar-refractivity contribution in [2.45, 2.75) is 64.2 Å². The minimum absolute atomic E-state index is 0.151. The van der Waals surface area contributed by atoms with Crippen molar-refractivity contribution in [1.82, 2.24) is 14.9 Å². The molecule has 0 spiro atoms. The van der Waals surface area contributed by atoms with Crippen molar-refractivity contribution in [2.24, 2.45) is 0 Å². The number of nitrogens with zero attached hydrogens (tertiary/aromatic N) is 6. The summed E-state index contributed by atoms with van der Waals surface area (Å²) in [6.45, 7) is 12.8. The van der Waals surface area contributed by atoms with Crippen LogP contribution in [0.25, 0.3) is 10.9 Å². The predicted molar refractivity (Wildman–Crippen MR) is 167 cm³/mol. The van der Waals surface area contributed by atoms with E-state index in [-0.39, 0.29) is 5.41 Å². The van der Waals surface area contributed by atoms with Crippen molar-refractivity contribution >= 4 is 28.1 Å². The number of piperidine rings is 1. The maximum Gasteiger partial charge on any atom is 0.140 e. The van der Waals surface area contributed by atoms with Gasteiger partial charge in [-0.15, -0.1) is 0 Å². The lowest BCUT2D eigenvalue weighted by Gasteiger charge is -2.39. The zero-order valence-electron chi connectivity index (χ0n) is 25.1. The van der Waals surface area contributed by atoms with Crippen molar-refractivity contribution in [3.63, 3.8) is 0 Å². The molecule has 0 unspecified atom stereocenters. The molecule has 1 saturated carbocycles. The van der Waals surface area contributed by atoms with E-state index in [9.17, 15) is 0 Å². The van der Waals surface area contributed by atoms with Gasteiger partial charge in [0.05, 0.1) is 5.52 Å². The van der Waals surface area contributed by atoms with Crippen LogP contribution in [0.5, 0.6) is 0 Å². The number of rotatable bonds is 8. The first-order valence-corrected chi connectivity index (χ1v) is 15.2. The number of aromatic nitrogens is 2. The Hall–Kier alpha value is -2.86. The molecule has 0 radical (unpaired) electrons. The molecule has 3 heterocycles. The highest BCUT2D eigenvalue weighted by Crippen LogP contribution is 2.47. The molecule has 0 amide bonds. The van der Waals surface area contributed by atoms with Gasteiger partial charge in [-0.25, -0.2) is 9.97 Å². The van der Waals surface area contributed by atoms with E-state index in [4.69, 9.17) is 9.97 Å². The molecule has 1 aliphatic carbocycles. The van der Waals surface area contributed by atoms with E-state index in [0.717, 1.165) is 43.3 Å². The van der Waals surface area contributed by atoms with E-state index < -0.39 is 0 Å². The second-order valence-corrected chi connectivity index (χ2v) is 12.0. The van der Waals surface area contributed by atoms with Crippen molar-refractivity contribution in [1.29, 1.82) is 0 Å². The highest BCUT2D eigenvalue weighted by Gasteiger charge is 2.43. The second-order valence-electron chi connectivity index (χ2n) is 12.0. The fraction of sp³-hybridized carbons (Fsp3) is 0.576. The number of fused-ring (bicyclic) bond motifs is 1. The summed E-state index contributed by atoms with van der Waals surface area (Å²) < 4.78 is 0. The predicted octanol–water partition coefficient (Wildman–Crippen LogP) is 6.30. The van der Waals surface area contributed by atoms with E-state index >= 15 is 0 Å². The molecule has 0 bridgehead atoms. The summed E-state index contributed by atoms with van der Waals surface area (Å²) in [5.41, 5.74) is 5.49. The topological polar surface area (TPSA) is 38.7 Å². The molecule has 0 atom stereocenters. The number of likely N-dealkylation sites (N-methyl/N-ethyl adjacent to an activating group) is 2. The van der Waals surface area contributed by atoms with Gasteiger partial charge in [-0.05, 0) is 81.9 Å². The van der Waals surface area contributed by atoms with Crippen LogP contribution in [-0.4, -0.2) is 75.3 Å². The fourth-order valence-corrected chi connectivity index (χ4v) is 5.82. The average Bonchev–Trinajstić information content (AvgIpc) is 3.70. The molecule has 2 saturated heterocycles. The lowest BCUT2D eigenvalue weighted by molar-refractivity contribution is 0.416. The smallest absolute Gasteiger partial charge is 0.140 e. The summed E-state index contributed by atoms with van der Waals surface area (Å²) in [5, 5.41) is 1.20.